The van der Waals surface area contributed by atoms with E-state index in [1.54, 1.807) is 19.4 Å². The molecule has 0 spiro atoms. The van der Waals surface area contributed by atoms with Crippen molar-refractivity contribution in [1.82, 2.24) is 19.5 Å². The maximum absolute atomic E-state index is 5.63. The summed E-state index contributed by atoms with van der Waals surface area (Å²) in [6.45, 7) is 2.11. The van der Waals surface area contributed by atoms with Gasteiger partial charge in [0.2, 0.25) is 11.8 Å². The number of aryl methyl sites for hydroxylation is 1. The molecule has 0 aliphatic carbocycles. The number of nitrogens with two attached hydrogens (primary N) is 1. The summed E-state index contributed by atoms with van der Waals surface area (Å²) < 4.78 is 6.96. The molecule has 6 heteroatoms. The van der Waals surface area contributed by atoms with Crippen molar-refractivity contribution in [2.24, 2.45) is 0 Å². The third kappa shape index (κ3) is 2.35. The third-order valence-electron chi connectivity index (χ3n) is 2.35. The zero-order valence-corrected chi connectivity index (χ0v) is 9.92. The number of ether oxygens (including phenoxy) is 1. The van der Waals surface area contributed by atoms with Gasteiger partial charge >= 0.3 is 0 Å². The minimum absolute atomic E-state index is 0.190. The van der Waals surface area contributed by atoms with Gasteiger partial charge in [-0.2, -0.15) is 9.97 Å². The van der Waals surface area contributed by atoms with E-state index in [1.165, 1.54) is 0 Å². The molecule has 0 bridgehead atoms. The predicted octanol–water partition coefficient (Wildman–Crippen LogP) is 1.21. The number of imidazole rings is 1. The molecule has 6 nitrogen and oxygen atoms in total. The van der Waals surface area contributed by atoms with E-state index < -0.39 is 0 Å². The van der Waals surface area contributed by atoms with Gasteiger partial charge in [0.15, 0.2) is 0 Å². The van der Waals surface area contributed by atoms with E-state index >= 15 is 0 Å². The number of anilines is 1. The SMILES string of the molecule is CCCc1nccn1-c1cc(OC)nc(N)n1. The molecule has 17 heavy (non-hydrogen) atoms. The molecule has 0 fully saturated rings. The summed E-state index contributed by atoms with van der Waals surface area (Å²) in [5.41, 5.74) is 5.63. The van der Waals surface area contributed by atoms with Gasteiger partial charge in [-0.15, -0.1) is 0 Å². The lowest BCUT2D eigenvalue weighted by atomic mass is 10.3. The van der Waals surface area contributed by atoms with E-state index in [2.05, 4.69) is 21.9 Å². The van der Waals surface area contributed by atoms with Gasteiger partial charge in [0.25, 0.3) is 0 Å². The Morgan fingerprint density at radius 2 is 2.24 bits per heavy atom. The van der Waals surface area contributed by atoms with Gasteiger partial charge in [0.1, 0.15) is 11.6 Å². The molecule has 0 radical (unpaired) electrons. The summed E-state index contributed by atoms with van der Waals surface area (Å²) >= 11 is 0. The highest BCUT2D eigenvalue weighted by Gasteiger charge is 2.08. The number of hydrogen-bond donors (Lipinski definition) is 1. The molecule has 90 valence electrons. The first-order chi connectivity index (χ1) is 8.24. The summed E-state index contributed by atoms with van der Waals surface area (Å²) in [6, 6.07) is 1.73. The number of hydrogen-bond acceptors (Lipinski definition) is 5. The second kappa shape index (κ2) is 4.82. The average Bonchev–Trinajstić information content (AvgIpc) is 2.77. The van der Waals surface area contributed by atoms with Gasteiger partial charge in [-0.3, -0.25) is 4.57 Å². The van der Waals surface area contributed by atoms with Crippen LogP contribution in [0.15, 0.2) is 18.5 Å². The molecule has 0 atom stereocenters. The van der Waals surface area contributed by atoms with Crippen molar-refractivity contribution in [3.63, 3.8) is 0 Å². The lowest BCUT2D eigenvalue weighted by Crippen LogP contribution is -2.06. The predicted molar refractivity (Wildman–Crippen MR) is 64.1 cm³/mol. The molecule has 0 aliphatic rings. The molecule has 0 unspecified atom stereocenters. The summed E-state index contributed by atoms with van der Waals surface area (Å²) in [5, 5.41) is 0. The zero-order chi connectivity index (χ0) is 12.3. The minimum Gasteiger partial charge on any atom is -0.481 e. The molecule has 2 aromatic rings. The number of nitrogens with zero attached hydrogens (tertiary/aromatic N) is 4. The van der Waals surface area contributed by atoms with Crippen LogP contribution in [0.5, 0.6) is 5.88 Å². The molecule has 0 saturated carbocycles. The monoisotopic (exact) mass is 233 g/mol. The minimum atomic E-state index is 0.190. The van der Waals surface area contributed by atoms with Crippen molar-refractivity contribution in [2.75, 3.05) is 12.8 Å². The molecule has 2 N–H and O–H groups in total. The van der Waals surface area contributed by atoms with Crippen LogP contribution < -0.4 is 10.5 Å². The largest absolute Gasteiger partial charge is 0.481 e. The van der Waals surface area contributed by atoms with Crippen molar-refractivity contribution in [3.05, 3.63) is 24.3 Å². The van der Waals surface area contributed by atoms with Crippen LogP contribution in [0.25, 0.3) is 5.82 Å². The quantitative estimate of drug-likeness (QED) is 0.858. The van der Waals surface area contributed by atoms with Crippen LogP contribution in [0.3, 0.4) is 0 Å². The maximum atomic E-state index is 5.63. The highest BCUT2D eigenvalue weighted by molar-refractivity contribution is 5.35. The van der Waals surface area contributed by atoms with Crippen LogP contribution in [-0.4, -0.2) is 26.6 Å². The lowest BCUT2D eigenvalue weighted by Gasteiger charge is -2.08. The smallest absolute Gasteiger partial charge is 0.225 e. The molecule has 0 aliphatic heterocycles. The van der Waals surface area contributed by atoms with Gasteiger partial charge in [-0.05, 0) is 6.42 Å². The molecule has 2 aromatic heterocycles. The molecular weight excluding hydrogens is 218 g/mol. The first-order valence-corrected chi connectivity index (χ1v) is 5.45. The summed E-state index contributed by atoms with van der Waals surface area (Å²) in [7, 11) is 1.55. The molecular formula is C11H15N5O. The number of rotatable bonds is 4. The second-order valence-corrected chi connectivity index (χ2v) is 3.59. The van der Waals surface area contributed by atoms with E-state index in [-0.39, 0.29) is 5.95 Å². The Bertz CT molecular complexity index is 508. The molecule has 0 amide bonds. The Hall–Kier alpha value is -2.11. The standard InChI is InChI=1S/C11H15N5O/c1-3-4-8-13-5-6-16(8)9-7-10(17-2)15-11(12)14-9/h5-7H,3-4H2,1-2H3,(H2,12,14,15). The Labute approximate surface area is 99.5 Å². The lowest BCUT2D eigenvalue weighted by molar-refractivity contribution is 0.397. The van der Waals surface area contributed by atoms with Gasteiger partial charge < -0.3 is 10.5 Å². The van der Waals surface area contributed by atoms with E-state index in [9.17, 15) is 0 Å². The Morgan fingerprint density at radius 3 is 2.94 bits per heavy atom. The number of aromatic nitrogens is 4. The van der Waals surface area contributed by atoms with Gasteiger partial charge in [-0.1, -0.05) is 6.92 Å². The fourth-order valence-electron chi connectivity index (χ4n) is 1.61. The van der Waals surface area contributed by atoms with E-state index in [0.717, 1.165) is 18.7 Å². The summed E-state index contributed by atoms with van der Waals surface area (Å²) in [5.74, 6) is 2.27. The van der Waals surface area contributed by atoms with Crippen molar-refractivity contribution >= 4 is 5.95 Å². The highest BCUT2D eigenvalue weighted by Crippen LogP contribution is 2.15. The van der Waals surface area contributed by atoms with Crippen molar-refractivity contribution in [1.29, 1.82) is 0 Å². The fourth-order valence-corrected chi connectivity index (χ4v) is 1.61. The molecule has 2 rings (SSSR count). The average molecular weight is 233 g/mol. The van der Waals surface area contributed by atoms with Crippen LogP contribution in [-0.2, 0) is 6.42 Å². The van der Waals surface area contributed by atoms with Crippen LogP contribution >= 0.6 is 0 Å². The second-order valence-electron chi connectivity index (χ2n) is 3.59. The van der Waals surface area contributed by atoms with Crippen LogP contribution in [0.1, 0.15) is 19.2 Å². The maximum Gasteiger partial charge on any atom is 0.225 e. The van der Waals surface area contributed by atoms with Crippen LogP contribution in [0.4, 0.5) is 5.95 Å². The highest BCUT2D eigenvalue weighted by atomic mass is 16.5. The third-order valence-corrected chi connectivity index (χ3v) is 2.35. The topological polar surface area (TPSA) is 78.8 Å². The van der Waals surface area contributed by atoms with Crippen LogP contribution in [0, 0.1) is 0 Å². The Morgan fingerprint density at radius 1 is 1.41 bits per heavy atom. The van der Waals surface area contributed by atoms with Gasteiger partial charge in [0.05, 0.1) is 7.11 Å². The number of nitrogen functional groups attached to an aromatic ring is 1. The van der Waals surface area contributed by atoms with E-state index in [1.807, 2.05) is 10.8 Å². The Balaban J connectivity index is 2.44. The van der Waals surface area contributed by atoms with Gasteiger partial charge in [0, 0.05) is 24.9 Å². The van der Waals surface area contributed by atoms with Gasteiger partial charge in [-0.25, -0.2) is 4.98 Å². The molecule has 0 aromatic carbocycles. The Kier molecular flexibility index (Phi) is 3.22. The first-order valence-electron chi connectivity index (χ1n) is 5.45. The molecule has 0 saturated heterocycles. The summed E-state index contributed by atoms with van der Waals surface area (Å²) in [4.78, 5) is 12.4. The van der Waals surface area contributed by atoms with Crippen molar-refractivity contribution in [2.45, 2.75) is 19.8 Å². The van der Waals surface area contributed by atoms with E-state index in [4.69, 9.17) is 10.5 Å². The van der Waals surface area contributed by atoms with Crippen molar-refractivity contribution in [3.8, 4) is 11.7 Å². The summed E-state index contributed by atoms with van der Waals surface area (Å²) in [6.07, 6.45) is 5.51. The first kappa shape index (κ1) is 11.4. The normalized spacial score (nSPS) is 10.5. The van der Waals surface area contributed by atoms with E-state index in [0.29, 0.717) is 11.7 Å². The van der Waals surface area contributed by atoms with Crippen LogP contribution in [0.2, 0.25) is 0 Å². The van der Waals surface area contributed by atoms with Crippen molar-refractivity contribution < 1.29 is 4.74 Å². The molecule has 2 heterocycles. The zero-order valence-electron chi connectivity index (χ0n) is 9.92. The fraction of sp³-hybridized carbons (Fsp3) is 0.364. The number of methoxy groups -OCH3 is 1.